The van der Waals surface area contributed by atoms with Crippen LogP contribution < -0.4 is 9.67 Å². The molecule has 13 nitrogen and oxygen atoms in total. The summed E-state index contributed by atoms with van der Waals surface area (Å²) in [5, 5.41) is 21.9. The monoisotopic (exact) mass is 520 g/mol. The van der Waals surface area contributed by atoms with Crippen LogP contribution in [0, 0.1) is 10.1 Å². The quantitative estimate of drug-likeness (QED) is 0.137. The minimum atomic E-state index is -5.15. The summed E-state index contributed by atoms with van der Waals surface area (Å²) in [6.07, 6.45) is 0. The first-order valence-electron chi connectivity index (χ1n) is 7.94. The van der Waals surface area contributed by atoms with Crippen molar-refractivity contribution in [3.8, 4) is 5.75 Å². The largest absolute Gasteiger partial charge is 0.465 e. The number of nitrogens with one attached hydrogen (secondary N) is 1. The van der Waals surface area contributed by atoms with Crippen LogP contribution in [0.25, 0.3) is 0 Å². The van der Waals surface area contributed by atoms with Gasteiger partial charge >= 0.3 is 105 Å². The molecule has 1 aromatic carbocycles. The summed E-state index contributed by atoms with van der Waals surface area (Å²) in [6.45, 7) is 1.23. The number of thiophene rings is 1. The number of rotatable bonds is 5. The molecule has 0 aliphatic rings. The molecule has 4 N–H and O–H groups in total. The van der Waals surface area contributed by atoms with Gasteiger partial charge in [-0.3, -0.25) is 10.1 Å². The number of phenolic OH excluding ortho intramolecular Hbond substituents is 1. The fraction of sp³-hybridized carbons (Fsp3) is 0.188. The van der Waals surface area contributed by atoms with Crippen LogP contribution in [-0.4, -0.2) is 64.5 Å². The number of amides is 1. The van der Waals surface area contributed by atoms with Gasteiger partial charge in [0.05, 0.1) is 24.7 Å². The standard InChI is InChI=1S/C8H10AsNO5.C8H7NO6S/c1-5(11)10-7-4-2-3-6(8(7)12)9(13,14)15;1-14-7(10)4-3-5(9(12)13)16-6(4)8(11)15-2/h2-4,12H,1H3,(H,10,11)(H2,13,14,15);3H,1-2H3. The van der Waals surface area contributed by atoms with Gasteiger partial charge in [0.15, 0.2) is 0 Å². The number of methoxy groups -OCH3 is 2. The maximum Gasteiger partial charge on any atom is 0.349 e. The molecule has 168 valence electrons. The summed E-state index contributed by atoms with van der Waals surface area (Å²) >= 11 is -4.58. The maximum absolute atomic E-state index is 11.2. The Kier molecular flexibility index (Phi) is 8.94. The molecule has 0 spiro atoms. The molecule has 31 heavy (non-hydrogen) atoms. The van der Waals surface area contributed by atoms with Gasteiger partial charge in [-0.25, -0.2) is 9.59 Å². The van der Waals surface area contributed by atoms with Crippen molar-refractivity contribution in [2.75, 3.05) is 19.5 Å². The molecule has 0 saturated carbocycles. The van der Waals surface area contributed by atoms with Gasteiger partial charge in [-0.15, -0.1) is 0 Å². The molecule has 0 fully saturated rings. The number of para-hydroxylation sites is 1. The Balaban J connectivity index is 0.000000311. The van der Waals surface area contributed by atoms with Gasteiger partial charge in [-0.05, 0) is 0 Å². The van der Waals surface area contributed by atoms with Crippen molar-refractivity contribution < 1.29 is 45.8 Å². The molecule has 0 aliphatic carbocycles. The summed E-state index contributed by atoms with van der Waals surface area (Å²) in [5.41, 5.74) is -0.171. The Morgan fingerprint density at radius 2 is 1.74 bits per heavy atom. The SMILES string of the molecule is CC(=O)Nc1cccc([As](=O)(O)O)c1O.COC(=O)c1cc([N+](=O)[O-])sc1C(=O)OC. The predicted molar refractivity (Wildman–Crippen MR) is 107 cm³/mol. The van der Waals surface area contributed by atoms with E-state index in [0.717, 1.165) is 26.4 Å². The summed E-state index contributed by atoms with van der Waals surface area (Å²) in [5.74, 6) is -2.64. The fourth-order valence-corrected chi connectivity index (χ4v) is 4.33. The van der Waals surface area contributed by atoms with Gasteiger partial charge in [0.25, 0.3) is 0 Å². The van der Waals surface area contributed by atoms with Crippen LogP contribution in [0.2, 0.25) is 0 Å². The molecule has 2 aromatic rings. The number of anilines is 1. The van der Waals surface area contributed by atoms with Crippen LogP contribution in [-0.2, 0) is 18.0 Å². The average molecular weight is 520 g/mol. The Labute approximate surface area is 181 Å². The fourth-order valence-electron chi connectivity index (χ4n) is 2.03. The number of carbonyl (C=O) groups excluding carboxylic acids is 3. The number of carbonyl (C=O) groups is 3. The van der Waals surface area contributed by atoms with E-state index in [1.165, 1.54) is 19.1 Å². The zero-order chi connectivity index (χ0) is 23.9. The molecule has 0 aliphatic heterocycles. The number of esters is 2. The van der Waals surface area contributed by atoms with Gasteiger partial charge in [0.1, 0.15) is 4.88 Å². The van der Waals surface area contributed by atoms with Crippen molar-refractivity contribution in [2.45, 2.75) is 6.92 Å². The van der Waals surface area contributed by atoms with Crippen LogP contribution in [0.5, 0.6) is 5.75 Å². The smallest absolute Gasteiger partial charge is 0.349 e. The Hall–Kier alpha value is -3.19. The van der Waals surface area contributed by atoms with Crippen LogP contribution >= 0.6 is 11.3 Å². The molecule has 15 heteroatoms. The van der Waals surface area contributed by atoms with E-state index in [9.17, 15) is 33.3 Å². The molecular weight excluding hydrogens is 503 g/mol. The number of ether oxygens (including phenoxy) is 2. The zero-order valence-electron chi connectivity index (χ0n) is 16.2. The second-order valence-corrected chi connectivity index (χ2v) is 9.79. The van der Waals surface area contributed by atoms with Gasteiger partial charge in [-0.2, -0.15) is 0 Å². The first-order chi connectivity index (χ1) is 14.3. The number of hydrogen-bond acceptors (Lipinski definition) is 10. The molecule has 2 rings (SSSR count). The van der Waals surface area contributed by atoms with Gasteiger partial charge in [-0.1, -0.05) is 11.3 Å². The van der Waals surface area contributed by atoms with Crippen molar-refractivity contribution in [2.24, 2.45) is 0 Å². The Bertz CT molecular complexity index is 1030. The number of nitrogens with zero attached hydrogens (tertiary/aromatic N) is 1. The van der Waals surface area contributed by atoms with Crippen LogP contribution in [0.15, 0.2) is 24.3 Å². The maximum atomic E-state index is 11.2. The van der Waals surface area contributed by atoms with Crippen LogP contribution in [0.1, 0.15) is 27.0 Å². The number of aromatic hydroxyl groups is 1. The number of phenols is 1. The third kappa shape index (κ3) is 6.93. The topological polar surface area (TPSA) is 203 Å². The number of nitro groups is 1. The van der Waals surface area contributed by atoms with E-state index < -0.39 is 47.0 Å². The molecule has 0 saturated heterocycles. The van der Waals surface area contributed by atoms with E-state index in [1.54, 1.807) is 0 Å². The molecule has 0 atom stereocenters. The van der Waals surface area contributed by atoms with Gasteiger partial charge in [0, 0.05) is 6.07 Å². The predicted octanol–water partition coefficient (Wildman–Crippen LogP) is 0.141. The minimum Gasteiger partial charge on any atom is -0.465 e. The van der Waals surface area contributed by atoms with E-state index in [-0.39, 0.29) is 21.1 Å². The molecule has 1 aromatic heterocycles. The van der Waals surface area contributed by atoms with E-state index in [1.807, 2.05) is 0 Å². The van der Waals surface area contributed by atoms with Crippen molar-refractivity contribution in [3.63, 3.8) is 0 Å². The van der Waals surface area contributed by atoms with Crippen molar-refractivity contribution in [1.82, 2.24) is 0 Å². The third-order valence-corrected chi connectivity index (χ3v) is 6.46. The third-order valence-electron chi connectivity index (χ3n) is 3.31. The molecular formula is C16H17AsN2O11S. The van der Waals surface area contributed by atoms with E-state index in [2.05, 4.69) is 14.8 Å². The first kappa shape index (κ1) is 25.8. The summed E-state index contributed by atoms with van der Waals surface area (Å²) in [6, 6.07) is 4.82. The summed E-state index contributed by atoms with van der Waals surface area (Å²) in [4.78, 5) is 42.9. The van der Waals surface area contributed by atoms with Crippen molar-refractivity contribution in [3.05, 3.63) is 44.8 Å². The molecule has 0 unspecified atom stereocenters. The van der Waals surface area contributed by atoms with E-state index in [4.69, 9.17) is 8.19 Å². The molecule has 0 radical (unpaired) electrons. The molecule has 1 heterocycles. The second-order valence-electron chi connectivity index (χ2n) is 5.47. The molecule has 0 bridgehead atoms. The van der Waals surface area contributed by atoms with Crippen molar-refractivity contribution in [1.29, 1.82) is 0 Å². The Morgan fingerprint density at radius 1 is 1.16 bits per heavy atom. The number of benzene rings is 1. The van der Waals surface area contributed by atoms with E-state index in [0.29, 0.717) is 11.3 Å². The van der Waals surface area contributed by atoms with Crippen molar-refractivity contribution >= 4 is 58.4 Å². The second kappa shape index (κ2) is 10.7. The number of hydrogen-bond donors (Lipinski definition) is 4. The normalized spacial score (nSPS) is 10.4. The van der Waals surface area contributed by atoms with E-state index >= 15 is 0 Å². The molecule has 1 amide bonds. The zero-order valence-corrected chi connectivity index (χ0v) is 18.9. The minimum absolute atomic E-state index is 0.00951. The first-order valence-corrected chi connectivity index (χ1v) is 12.1. The van der Waals surface area contributed by atoms with Crippen LogP contribution in [0.3, 0.4) is 0 Å². The van der Waals surface area contributed by atoms with Crippen LogP contribution in [0.4, 0.5) is 10.7 Å². The Morgan fingerprint density at radius 3 is 2.19 bits per heavy atom. The van der Waals surface area contributed by atoms with Gasteiger partial charge in [0.2, 0.25) is 0 Å². The average Bonchev–Trinajstić information content (AvgIpc) is 3.13. The summed E-state index contributed by atoms with van der Waals surface area (Å²) < 4.78 is 37.2. The van der Waals surface area contributed by atoms with Gasteiger partial charge < -0.3 is 9.47 Å². The summed E-state index contributed by atoms with van der Waals surface area (Å²) in [7, 11) is 2.24.